The minimum absolute atomic E-state index is 0.0191. The average Bonchev–Trinajstić information content (AvgIpc) is 2.95. The van der Waals surface area contributed by atoms with Gasteiger partial charge in [-0.05, 0) is 86.5 Å². The Morgan fingerprint density at radius 3 is 1.66 bits per heavy atom. The third-order valence-electron chi connectivity index (χ3n) is 6.31. The molecule has 0 amide bonds. The highest BCUT2D eigenvalue weighted by atomic mass is 32.2. The van der Waals surface area contributed by atoms with Crippen molar-refractivity contribution in [3.05, 3.63) is 107 Å². The summed E-state index contributed by atoms with van der Waals surface area (Å²) in [6.07, 6.45) is 0.513. The Morgan fingerprint density at radius 1 is 0.732 bits per heavy atom. The molecule has 2 atom stereocenters. The summed E-state index contributed by atoms with van der Waals surface area (Å²) in [5.74, 6) is -0.0888. The van der Waals surface area contributed by atoms with Crippen molar-refractivity contribution in [1.29, 1.82) is 0 Å². The van der Waals surface area contributed by atoms with E-state index in [1.807, 2.05) is 32.9 Å². The Bertz CT molecular complexity index is 1590. The number of anilines is 4. The maximum Gasteiger partial charge on any atom is 0.340 e. The van der Waals surface area contributed by atoms with Gasteiger partial charge in [0.2, 0.25) is 0 Å². The van der Waals surface area contributed by atoms with Gasteiger partial charge in [0.25, 0.3) is 0 Å². The van der Waals surface area contributed by atoms with Crippen molar-refractivity contribution in [3.63, 3.8) is 0 Å². The van der Waals surface area contributed by atoms with E-state index in [1.165, 1.54) is 23.5 Å². The molecule has 0 saturated carbocycles. The van der Waals surface area contributed by atoms with Crippen molar-refractivity contribution in [2.75, 3.05) is 15.7 Å². The molecule has 41 heavy (non-hydrogen) atoms. The SMILES string of the molecule is CCc1cc(Oc2ccc(N(c3ccc(C)cc3)S(=O)[O-])c(C(=O)OC)c2)ccc1N(c1ccc(C)cc1)S(=O)[O-]. The van der Waals surface area contributed by atoms with E-state index in [-0.39, 0.29) is 17.0 Å². The zero-order valence-electron chi connectivity index (χ0n) is 22.9. The van der Waals surface area contributed by atoms with Gasteiger partial charge in [-0.2, -0.15) is 0 Å². The summed E-state index contributed by atoms with van der Waals surface area (Å²) in [5.41, 5.74) is 4.07. The summed E-state index contributed by atoms with van der Waals surface area (Å²) in [6, 6.07) is 23.4. The van der Waals surface area contributed by atoms with E-state index >= 15 is 0 Å². The van der Waals surface area contributed by atoms with Gasteiger partial charge in [-0.1, -0.05) is 42.3 Å². The van der Waals surface area contributed by atoms with Crippen molar-refractivity contribution >= 4 is 51.3 Å². The Balaban J connectivity index is 1.70. The molecule has 4 aromatic rings. The lowest BCUT2D eigenvalue weighted by molar-refractivity contribution is 0.0601. The lowest BCUT2D eigenvalue weighted by Gasteiger charge is -2.29. The van der Waals surface area contributed by atoms with Crippen molar-refractivity contribution in [2.45, 2.75) is 27.2 Å². The highest BCUT2D eigenvalue weighted by Crippen LogP contribution is 2.37. The lowest BCUT2D eigenvalue weighted by Crippen LogP contribution is -2.22. The van der Waals surface area contributed by atoms with E-state index in [2.05, 4.69) is 0 Å². The molecule has 0 aliphatic heterocycles. The van der Waals surface area contributed by atoms with Crippen LogP contribution in [-0.4, -0.2) is 30.6 Å². The molecule has 0 spiro atoms. The van der Waals surface area contributed by atoms with Gasteiger partial charge in [0.15, 0.2) is 0 Å². The molecule has 4 rings (SSSR count). The first-order valence-electron chi connectivity index (χ1n) is 12.6. The van der Waals surface area contributed by atoms with Crippen LogP contribution in [0.1, 0.15) is 34.0 Å². The lowest BCUT2D eigenvalue weighted by atomic mass is 10.1. The van der Waals surface area contributed by atoms with Crippen molar-refractivity contribution in [1.82, 2.24) is 0 Å². The first-order valence-corrected chi connectivity index (χ1v) is 14.6. The Labute approximate surface area is 244 Å². The van der Waals surface area contributed by atoms with E-state index < -0.39 is 28.5 Å². The van der Waals surface area contributed by atoms with Crippen LogP contribution in [0.25, 0.3) is 0 Å². The highest BCUT2D eigenvalue weighted by Gasteiger charge is 2.21. The predicted molar refractivity (Wildman–Crippen MR) is 158 cm³/mol. The van der Waals surface area contributed by atoms with Crippen molar-refractivity contribution in [2.24, 2.45) is 0 Å². The molecule has 0 bridgehead atoms. The largest absolute Gasteiger partial charge is 0.755 e. The summed E-state index contributed by atoms with van der Waals surface area (Å²) >= 11 is -5.31. The molecule has 0 aliphatic rings. The van der Waals surface area contributed by atoms with Crippen LogP contribution in [-0.2, 0) is 33.7 Å². The molecule has 0 radical (unpaired) electrons. The van der Waals surface area contributed by atoms with E-state index in [4.69, 9.17) is 9.47 Å². The van der Waals surface area contributed by atoms with Gasteiger partial charge in [-0.25, -0.2) is 4.79 Å². The van der Waals surface area contributed by atoms with Gasteiger partial charge in [-0.3, -0.25) is 17.0 Å². The molecule has 4 aromatic carbocycles. The predicted octanol–water partition coefficient (Wildman–Crippen LogP) is 6.31. The fourth-order valence-electron chi connectivity index (χ4n) is 4.24. The molecule has 2 unspecified atom stereocenters. The van der Waals surface area contributed by atoms with Crippen LogP contribution >= 0.6 is 0 Å². The Hall–Kier alpha value is -4.03. The quantitative estimate of drug-likeness (QED) is 0.156. The van der Waals surface area contributed by atoms with E-state index in [9.17, 15) is 22.3 Å². The number of rotatable bonds is 10. The fourth-order valence-corrected chi connectivity index (χ4v) is 5.49. The third-order valence-corrected chi connectivity index (χ3v) is 7.72. The van der Waals surface area contributed by atoms with Gasteiger partial charge in [0.1, 0.15) is 11.5 Å². The van der Waals surface area contributed by atoms with Gasteiger partial charge in [0.05, 0.1) is 58.0 Å². The zero-order valence-corrected chi connectivity index (χ0v) is 24.5. The number of esters is 1. The number of hydrogen-bond donors (Lipinski definition) is 0. The van der Waals surface area contributed by atoms with Crippen LogP contribution in [0, 0.1) is 13.8 Å². The molecule has 11 heteroatoms. The van der Waals surface area contributed by atoms with Crippen LogP contribution in [0.4, 0.5) is 22.7 Å². The second kappa shape index (κ2) is 13.1. The normalized spacial score (nSPS) is 12.3. The van der Waals surface area contributed by atoms with Gasteiger partial charge in [0, 0.05) is 0 Å². The zero-order chi connectivity index (χ0) is 29.7. The van der Waals surface area contributed by atoms with Crippen molar-refractivity contribution in [3.8, 4) is 11.5 Å². The number of hydrogen-bond acceptors (Lipinski definition) is 7. The summed E-state index contributed by atoms with van der Waals surface area (Å²) in [7, 11) is 1.20. The summed E-state index contributed by atoms with van der Waals surface area (Å²) < 4.78 is 62.1. The highest BCUT2D eigenvalue weighted by molar-refractivity contribution is 7.81. The molecule has 9 nitrogen and oxygen atoms in total. The number of carbonyl (C=O) groups is 1. The minimum Gasteiger partial charge on any atom is -0.755 e. The minimum atomic E-state index is -2.74. The van der Waals surface area contributed by atoms with Gasteiger partial charge in [-0.15, -0.1) is 0 Å². The van der Waals surface area contributed by atoms with Gasteiger partial charge < -0.3 is 18.6 Å². The fraction of sp³-hybridized carbons (Fsp3) is 0.167. The number of methoxy groups -OCH3 is 1. The molecule has 0 heterocycles. The van der Waals surface area contributed by atoms with E-state index in [1.54, 1.807) is 60.7 Å². The first-order chi connectivity index (χ1) is 19.6. The molecule has 0 aromatic heterocycles. The van der Waals surface area contributed by atoms with E-state index in [0.717, 1.165) is 15.4 Å². The second-order valence-electron chi connectivity index (χ2n) is 9.11. The molecule has 0 N–H and O–H groups in total. The van der Waals surface area contributed by atoms with Crippen LogP contribution in [0.3, 0.4) is 0 Å². The van der Waals surface area contributed by atoms with Crippen molar-refractivity contribution < 1.29 is 31.8 Å². The van der Waals surface area contributed by atoms with Crippen LogP contribution < -0.4 is 13.3 Å². The molecule has 214 valence electrons. The maximum atomic E-state index is 12.7. The topological polar surface area (TPSA) is 122 Å². The number of benzene rings is 4. The third kappa shape index (κ3) is 6.83. The maximum absolute atomic E-state index is 12.7. The standard InChI is InChI=1S/C30H30N2O7S2/c1-5-22-18-25(14-16-28(22)31(40(34)35)23-10-6-20(2)7-11-23)39-26-15-17-29(27(19-26)30(33)38-4)32(41(36)37)24-12-8-21(3)9-13-24/h6-19H,5H2,1-4H3,(H,34,35)(H,36,37)/p-2. The molecule has 0 aliphatic carbocycles. The second-order valence-corrected chi connectivity index (χ2v) is 10.7. The number of aryl methyl sites for hydroxylation is 3. The number of carbonyl (C=O) groups excluding carboxylic acids is 1. The van der Waals surface area contributed by atoms with Gasteiger partial charge >= 0.3 is 5.97 Å². The first kappa shape index (κ1) is 29.9. The number of nitrogens with zero attached hydrogens (tertiary/aromatic N) is 2. The molecular weight excluding hydrogens is 564 g/mol. The van der Waals surface area contributed by atoms with Crippen LogP contribution in [0.5, 0.6) is 11.5 Å². The monoisotopic (exact) mass is 592 g/mol. The number of ether oxygens (including phenoxy) is 2. The smallest absolute Gasteiger partial charge is 0.340 e. The summed E-state index contributed by atoms with van der Waals surface area (Å²) in [6.45, 7) is 5.70. The summed E-state index contributed by atoms with van der Waals surface area (Å²) in [4.78, 5) is 12.7. The Morgan fingerprint density at radius 2 is 1.20 bits per heavy atom. The van der Waals surface area contributed by atoms with Crippen LogP contribution in [0.15, 0.2) is 84.9 Å². The summed E-state index contributed by atoms with van der Waals surface area (Å²) in [5, 5.41) is 0. The molecular formula is C30H28N2O7S2-2. The van der Waals surface area contributed by atoms with Crippen LogP contribution in [0.2, 0.25) is 0 Å². The Kier molecular flexibility index (Phi) is 9.56. The van der Waals surface area contributed by atoms with E-state index in [0.29, 0.717) is 34.8 Å². The average molecular weight is 593 g/mol. The molecule has 0 saturated heterocycles. The molecule has 0 fully saturated rings.